The van der Waals surface area contributed by atoms with Crippen molar-refractivity contribution in [2.75, 3.05) is 7.05 Å². The Morgan fingerprint density at radius 2 is 1.80 bits per heavy atom. The molecule has 0 aliphatic heterocycles. The maximum atomic E-state index is 6.25. The van der Waals surface area contributed by atoms with E-state index in [0.29, 0.717) is 5.02 Å². The molecule has 0 amide bonds. The fraction of sp³-hybridized carbons (Fsp3) is 0.438. The average Bonchev–Trinajstić information content (AvgIpc) is 2.71. The van der Waals surface area contributed by atoms with E-state index in [4.69, 9.17) is 11.6 Å². The van der Waals surface area contributed by atoms with Crippen LogP contribution in [0.5, 0.6) is 0 Å². The molecular formula is C16H22ClN3. The van der Waals surface area contributed by atoms with Gasteiger partial charge < -0.3 is 5.32 Å². The number of nitrogens with zero attached hydrogens (tertiary/aromatic N) is 2. The summed E-state index contributed by atoms with van der Waals surface area (Å²) in [4.78, 5) is 0. The first-order valence-electron chi connectivity index (χ1n) is 6.79. The lowest BCUT2D eigenvalue weighted by Crippen LogP contribution is -2.21. The van der Waals surface area contributed by atoms with Crippen molar-refractivity contribution in [1.29, 1.82) is 0 Å². The summed E-state index contributed by atoms with van der Waals surface area (Å²) >= 11 is 6.25. The molecule has 0 radical (unpaired) electrons. The molecular weight excluding hydrogens is 270 g/mol. The van der Waals surface area contributed by atoms with Crippen molar-refractivity contribution in [1.82, 2.24) is 15.1 Å². The van der Waals surface area contributed by atoms with Crippen LogP contribution in [0.25, 0.3) is 0 Å². The molecule has 1 N–H and O–H groups in total. The van der Waals surface area contributed by atoms with Crippen LogP contribution in [0.3, 0.4) is 0 Å². The molecule has 1 heterocycles. The van der Waals surface area contributed by atoms with E-state index < -0.39 is 0 Å². The Hall–Kier alpha value is -1.32. The van der Waals surface area contributed by atoms with Gasteiger partial charge in [-0.25, -0.2) is 0 Å². The summed E-state index contributed by atoms with van der Waals surface area (Å²) in [5.74, 6) is 0. The Bertz CT molecular complexity index is 559. The molecule has 1 aromatic carbocycles. The molecule has 0 aliphatic carbocycles. The smallest absolute Gasteiger partial charge is 0.0837 e. The first-order valence-corrected chi connectivity index (χ1v) is 7.17. The summed E-state index contributed by atoms with van der Waals surface area (Å²) < 4.78 is 1.82. The van der Waals surface area contributed by atoms with Crippen LogP contribution in [0.2, 0.25) is 5.02 Å². The summed E-state index contributed by atoms with van der Waals surface area (Å²) in [5, 5.41) is 8.21. The predicted molar refractivity (Wildman–Crippen MR) is 84.3 cm³/mol. The number of nitrogens with one attached hydrogen (secondary N) is 1. The molecule has 3 nitrogen and oxygen atoms in total. The zero-order valence-electron chi connectivity index (χ0n) is 12.7. The maximum absolute atomic E-state index is 6.25. The molecule has 4 heteroatoms. The van der Waals surface area contributed by atoms with Gasteiger partial charge in [-0.15, -0.1) is 0 Å². The van der Waals surface area contributed by atoms with Crippen LogP contribution in [0.4, 0.5) is 0 Å². The maximum Gasteiger partial charge on any atom is 0.0837 e. The van der Waals surface area contributed by atoms with Crippen LogP contribution in [0.15, 0.2) is 30.5 Å². The molecule has 1 aromatic heterocycles. The molecule has 0 saturated carbocycles. The van der Waals surface area contributed by atoms with E-state index in [1.807, 2.05) is 18.8 Å². The largest absolute Gasteiger partial charge is 0.308 e. The summed E-state index contributed by atoms with van der Waals surface area (Å²) in [6, 6.07) is 8.73. The zero-order chi connectivity index (χ0) is 14.9. The average molecular weight is 292 g/mol. The van der Waals surface area contributed by atoms with Crippen LogP contribution in [0, 0.1) is 0 Å². The minimum atomic E-state index is 0.0454. The minimum absolute atomic E-state index is 0.0454. The Morgan fingerprint density at radius 1 is 1.20 bits per heavy atom. The first-order chi connectivity index (χ1) is 9.34. The minimum Gasteiger partial charge on any atom is -0.308 e. The molecule has 108 valence electrons. The van der Waals surface area contributed by atoms with Crippen LogP contribution in [-0.4, -0.2) is 16.8 Å². The number of aromatic nitrogens is 2. The quantitative estimate of drug-likeness (QED) is 0.935. The number of aryl methyl sites for hydroxylation is 1. The van der Waals surface area contributed by atoms with Gasteiger partial charge in [-0.3, -0.25) is 4.68 Å². The monoisotopic (exact) mass is 291 g/mol. The first kappa shape index (κ1) is 15.1. The van der Waals surface area contributed by atoms with Crippen molar-refractivity contribution in [2.24, 2.45) is 7.05 Å². The van der Waals surface area contributed by atoms with Crippen LogP contribution < -0.4 is 5.32 Å². The highest BCUT2D eigenvalue weighted by atomic mass is 35.5. The Labute approximate surface area is 126 Å². The van der Waals surface area contributed by atoms with E-state index in [-0.39, 0.29) is 11.5 Å². The lowest BCUT2D eigenvalue weighted by Gasteiger charge is -2.22. The fourth-order valence-corrected chi connectivity index (χ4v) is 2.66. The molecule has 0 spiro atoms. The highest BCUT2D eigenvalue weighted by molar-refractivity contribution is 6.31. The van der Waals surface area contributed by atoms with Gasteiger partial charge in [0.25, 0.3) is 0 Å². The third-order valence-electron chi connectivity index (χ3n) is 3.61. The molecule has 1 atom stereocenters. The van der Waals surface area contributed by atoms with E-state index >= 15 is 0 Å². The van der Waals surface area contributed by atoms with Crippen molar-refractivity contribution in [3.8, 4) is 0 Å². The summed E-state index contributed by atoms with van der Waals surface area (Å²) in [6.45, 7) is 6.65. The van der Waals surface area contributed by atoms with Crippen molar-refractivity contribution in [3.05, 3.63) is 52.3 Å². The molecule has 1 unspecified atom stereocenters. The molecule has 2 rings (SSSR count). The van der Waals surface area contributed by atoms with Gasteiger partial charge in [0.2, 0.25) is 0 Å². The predicted octanol–water partition coefficient (Wildman–Crippen LogP) is 3.68. The number of halogens is 1. The molecule has 0 saturated heterocycles. The van der Waals surface area contributed by atoms with Gasteiger partial charge in [0.05, 0.1) is 23.0 Å². The molecule has 0 fully saturated rings. The second-order valence-corrected chi connectivity index (χ2v) is 6.50. The second-order valence-electron chi connectivity index (χ2n) is 6.10. The zero-order valence-corrected chi connectivity index (χ0v) is 13.5. The number of hydrogen-bond acceptors (Lipinski definition) is 2. The Morgan fingerprint density at radius 3 is 2.20 bits per heavy atom. The number of rotatable bonds is 3. The second kappa shape index (κ2) is 5.58. The van der Waals surface area contributed by atoms with E-state index in [1.165, 1.54) is 11.1 Å². The normalized spacial score (nSPS) is 13.5. The van der Waals surface area contributed by atoms with E-state index in [9.17, 15) is 0 Å². The van der Waals surface area contributed by atoms with Crippen LogP contribution in [0.1, 0.15) is 43.6 Å². The number of hydrogen-bond donors (Lipinski definition) is 1. The summed E-state index contributed by atoms with van der Waals surface area (Å²) in [5.41, 5.74) is 3.66. The van der Waals surface area contributed by atoms with Gasteiger partial charge in [-0.1, -0.05) is 56.6 Å². The third-order valence-corrected chi connectivity index (χ3v) is 3.90. The van der Waals surface area contributed by atoms with Gasteiger partial charge in [0.15, 0.2) is 0 Å². The van der Waals surface area contributed by atoms with Gasteiger partial charge in [-0.2, -0.15) is 5.10 Å². The van der Waals surface area contributed by atoms with Gasteiger partial charge in [-0.05, 0) is 23.6 Å². The lowest BCUT2D eigenvalue weighted by molar-refractivity contribution is 0.586. The highest BCUT2D eigenvalue weighted by Crippen LogP contribution is 2.29. The Kier molecular flexibility index (Phi) is 4.21. The summed E-state index contributed by atoms with van der Waals surface area (Å²) in [7, 11) is 3.85. The summed E-state index contributed by atoms with van der Waals surface area (Å²) in [6.07, 6.45) is 1.69. The highest BCUT2D eigenvalue weighted by Gasteiger charge is 2.20. The van der Waals surface area contributed by atoms with Crippen molar-refractivity contribution in [3.63, 3.8) is 0 Å². The van der Waals surface area contributed by atoms with Gasteiger partial charge in [0, 0.05) is 7.05 Å². The van der Waals surface area contributed by atoms with E-state index in [1.54, 1.807) is 6.20 Å². The fourth-order valence-electron chi connectivity index (χ4n) is 2.38. The Balaban J connectivity index is 2.38. The van der Waals surface area contributed by atoms with Crippen molar-refractivity contribution < 1.29 is 0 Å². The van der Waals surface area contributed by atoms with Crippen molar-refractivity contribution in [2.45, 2.75) is 32.2 Å². The van der Waals surface area contributed by atoms with Crippen molar-refractivity contribution >= 4 is 11.6 Å². The van der Waals surface area contributed by atoms with Crippen LogP contribution in [-0.2, 0) is 12.5 Å². The lowest BCUT2D eigenvalue weighted by atomic mass is 9.86. The van der Waals surface area contributed by atoms with Crippen LogP contribution >= 0.6 is 11.6 Å². The SMILES string of the molecule is CNC(c1ccc(C(C)(C)C)cc1)c1c(Cl)cnn1C. The molecule has 2 aromatic rings. The van der Waals surface area contributed by atoms with E-state index in [0.717, 1.165) is 5.69 Å². The molecule has 20 heavy (non-hydrogen) atoms. The standard InChI is InChI=1S/C16H22ClN3/c1-16(2,3)12-8-6-11(7-9-12)14(18-4)15-13(17)10-19-20(15)5/h6-10,14,18H,1-5H3. The molecule has 0 aliphatic rings. The van der Waals surface area contributed by atoms with E-state index in [2.05, 4.69) is 55.5 Å². The molecule has 0 bridgehead atoms. The topological polar surface area (TPSA) is 29.9 Å². The third kappa shape index (κ3) is 2.89. The van der Waals surface area contributed by atoms with Gasteiger partial charge >= 0.3 is 0 Å². The number of benzene rings is 1. The van der Waals surface area contributed by atoms with Gasteiger partial charge in [0.1, 0.15) is 0 Å².